The molecule has 0 aliphatic rings. The second kappa shape index (κ2) is 16.7. The number of hydrogen-bond acceptors (Lipinski definition) is 8. The Balaban J connectivity index is 0.00000287. The third kappa shape index (κ3) is 9.65. The van der Waals surface area contributed by atoms with E-state index in [-0.39, 0.29) is 5.82 Å². The number of hydrogen-bond donors (Lipinski definition) is 1. The summed E-state index contributed by atoms with van der Waals surface area (Å²) < 4.78 is 35.9. The quantitative estimate of drug-likeness (QED) is 0.147. The zero-order valence-electron chi connectivity index (χ0n) is 24.7. The van der Waals surface area contributed by atoms with Gasteiger partial charge in [0.15, 0.2) is 6.29 Å². The van der Waals surface area contributed by atoms with E-state index in [1.165, 1.54) is 12.1 Å². The molecule has 0 spiro atoms. The van der Waals surface area contributed by atoms with Gasteiger partial charge in [-0.15, -0.1) is 0 Å². The molecule has 0 amide bonds. The lowest BCUT2D eigenvalue weighted by molar-refractivity contribution is 0.111. The first kappa shape index (κ1) is 32.8. The number of aryl methyl sites for hydroxylation is 1. The van der Waals surface area contributed by atoms with Crippen molar-refractivity contribution in [1.82, 2.24) is 9.80 Å². The second-order valence-electron chi connectivity index (χ2n) is 9.38. The molecular formula is C32H40FN3O5. The lowest BCUT2D eigenvalue weighted by Crippen LogP contribution is -2.24. The number of carbonyl (C=O) groups excluding carboxylic acids is 1. The highest BCUT2D eigenvalue weighted by Gasteiger charge is 2.17. The first-order chi connectivity index (χ1) is 19.8. The van der Waals surface area contributed by atoms with Gasteiger partial charge >= 0.3 is 0 Å². The van der Waals surface area contributed by atoms with Gasteiger partial charge < -0.3 is 29.3 Å². The summed E-state index contributed by atoms with van der Waals surface area (Å²) >= 11 is 0. The number of likely N-dealkylation sites (N-methyl/N-ethyl adjacent to an activating group) is 1. The van der Waals surface area contributed by atoms with E-state index in [9.17, 15) is 9.18 Å². The van der Waals surface area contributed by atoms with Crippen molar-refractivity contribution in [2.24, 2.45) is 0 Å². The normalized spacial score (nSPS) is 10.6. The number of aldehydes is 1. The number of halogens is 1. The molecule has 220 valence electrons. The van der Waals surface area contributed by atoms with Crippen LogP contribution in [-0.2, 0) is 17.8 Å². The number of carbonyl (C=O) groups is 1. The summed E-state index contributed by atoms with van der Waals surface area (Å²) in [6, 6.07) is 14.2. The van der Waals surface area contributed by atoms with Gasteiger partial charge in [0.25, 0.3) is 0 Å². The number of methoxy groups -OCH3 is 3. The molecule has 0 saturated carbocycles. The molecule has 0 radical (unpaired) electrons. The maximum absolute atomic E-state index is 13.9. The Kier molecular flexibility index (Phi) is 13.4. The first-order valence-electron chi connectivity index (χ1n) is 12.9. The maximum Gasteiger partial charge on any atom is 0.153 e. The van der Waals surface area contributed by atoms with Gasteiger partial charge in [0, 0.05) is 44.5 Å². The minimum absolute atomic E-state index is 0.314. The monoisotopic (exact) mass is 565 g/mol. The second-order valence-corrected chi connectivity index (χ2v) is 9.38. The van der Waals surface area contributed by atoms with Crippen molar-refractivity contribution in [2.45, 2.75) is 20.0 Å². The molecular weight excluding hydrogens is 525 g/mol. The summed E-state index contributed by atoms with van der Waals surface area (Å²) in [6.07, 6.45) is 4.20. The minimum atomic E-state index is -0.314. The van der Waals surface area contributed by atoms with Gasteiger partial charge in [0.1, 0.15) is 29.7 Å². The van der Waals surface area contributed by atoms with Crippen LogP contribution in [0.1, 0.15) is 27.0 Å². The molecule has 0 aromatic heterocycles. The van der Waals surface area contributed by atoms with Crippen molar-refractivity contribution < 1.29 is 28.1 Å². The molecule has 0 aliphatic heterocycles. The molecule has 9 heteroatoms. The van der Waals surface area contributed by atoms with Crippen LogP contribution in [0.25, 0.3) is 11.1 Å². The fourth-order valence-corrected chi connectivity index (χ4v) is 4.34. The van der Waals surface area contributed by atoms with E-state index < -0.39 is 0 Å². The van der Waals surface area contributed by atoms with Crippen molar-refractivity contribution in [3.63, 3.8) is 0 Å². The Morgan fingerprint density at radius 1 is 0.902 bits per heavy atom. The van der Waals surface area contributed by atoms with Crippen molar-refractivity contribution in [2.75, 3.05) is 48.6 Å². The topological polar surface area (TPSA) is 84.3 Å². The summed E-state index contributed by atoms with van der Waals surface area (Å²) in [6.45, 7) is 6.50. The highest BCUT2D eigenvalue weighted by atomic mass is 19.1. The van der Waals surface area contributed by atoms with Gasteiger partial charge in [-0.05, 0) is 79.3 Å². The van der Waals surface area contributed by atoms with Gasteiger partial charge in [0.05, 0.1) is 33.2 Å². The highest BCUT2D eigenvalue weighted by Crippen LogP contribution is 2.36. The van der Waals surface area contributed by atoms with Gasteiger partial charge in [-0.3, -0.25) is 9.69 Å². The minimum Gasteiger partial charge on any atom is -0.503 e. The van der Waals surface area contributed by atoms with Crippen LogP contribution >= 0.6 is 0 Å². The standard InChI is InChI=1S/C31H37FN2O5.CH3N/c1-22-13-26(32)7-8-29(22)30-17-23(19-33(2)9-11-36-4)14-25(21-35)31(30)39-12-10-34(3)20-24-15-27(37-5)18-28(16-24)38-6;1-2/h7-9,11,13-18,21H,10,12,19-20H2,1-6H3;2H,1H2/b11-9-;. The molecule has 0 fully saturated rings. The fourth-order valence-electron chi connectivity index (χ4n) is 4.34. The van der Waals surface area contributed by atoms with E-state index in [1.54, 1.807) is 33.7 Å². The summed E-state index contributed by atoms with van der Waals surface area (Å²) in [5.74, 6) is 1.63. The molecule has 0 aliphatic carbocycles. The van der Waals surface area contributed by atoms with Gasteiger partial charge in [0.2, 0.25) is 0 Å². The van der Waals surface area contributed by atoms with Crippen LogP contribution < -0.4 is 14.2 Å². The van der Waals surface area contributed by atoms with Crippen molar-refractivity contribution in [3.05, 3.63) is 89.1 Å². The summed E-state index contributed by atoms with van der Waals surface area (Å²) in [5, 5.41) is 5.50. The van der Waals surface area contributed by atoms with Crippen LogP contribution in [-0.4, -0.2) is 71.4 Å². The Bertz CT molecular complexity index is 1290. The molecule has 1 N–H and O–H groups in total. The van der Waals surface area contributed by atoms with E-state index in [0.717, 1.165) is 45.6 Å². The Morgan fingerprint density at radius 3 is 2.15 bits per heavy atom. The van der Waals surface area contributed by atoms with Crippen LogP contribution in [0.5, 0.6) is 17.2 Å². The predicted octanol–water partition coefficient (Wildman–Crippen LogP) is 5.96. The summed E-state index contributed by atoms with van der Waals surface area (Å²) in [7, 11) is 8.74. The molecule has 41 heavy (non-hydrogen) atoms. The molecule has 8 nitrogen and oxygen atoms in total. The Labute approximate surface area is 242 Å². The zero-order chi connectivity index (χ0) is 30.4. The van der Waals surface area contributed by atoms with E-state index in [4.69, 9.17) is 24.4 Å². The van der Waals surface area contributed by atoms with E-state index in [0.29, 0.717) is 37.6 Å². The number of nitrogens with zero attached hydrogens (tertiary/aromatic N) is 2. The summed E-state index contributed by atoms with van der Waals surface area (Å²) in [5.41, 5.74) is 4.71. The largest absolute Gasteiger partial charge is 0.503 e. The SMILES string of the molecule is C=N.CO/C=C\N(C)Cc1cc(C=O)c(OCCN(C)Cc2cc(OC)cc(OC)c2)c(-c2ccc(F)cc2C)c1. The molecule has 0 bridgehead atoms. The van der Waals surface area contributed by atoms with Gasteiger partial charge in [-0.25, -0.2) is 4.39 Å². The van der Waals surface area contributed by atoms with Crippen LogP contribution in [0.3, 0.4) is 0 Å². The number of nitrogens with one attached hydrogen (secondary N) is 1. The van der Waals surface area contributed by atoms with Crippen LogP contribution in [0.4, 0.5) is 4.39 Å². The van der Waals surface area contributed by atoms with Crippen molar-refractivity contribution in [1.29, 1.82) is 5.41 Å². The molecule has 3 aromatic rings. The lowest BCUT2D eigenvalue weighted by Gasteiger charge is -2.21. The average molecular weight is 566 g/mol. The van der Waals surface area contributed by atoms with Crippen LogP contribution in [0.2, 0.25) is 0 Å². The molecule has 0 saturated heterocycles. The third-order valence-corrected chi connectivity index (χ3v) is 6.25. The predicted molar refractivity (Wildman–Crippen MR) is 161 cm³/mol. The average Bonchev–Trinajstić information content (AvgIpc) is 2.97. The zero-order valence-corrected chi connectivity index (χ0v) is 24.7. The molecule has 3 aromatic carbocycles. The Morgan fingerprint density at radius 2 is 1.56 bits per heavy atom. The molecule has 0 atom stereocenters. The van der Waals surface area contributed by atoms with E-state index in [2.05, 4.69) is 11.6 Å². The third-order valence-electron chi connectivity index (χ3n) is 6.25. The molecule has 0 unspecified atom stereocenters. The number of benzene rings is 3. The fraction of sp³-hybridized carbons (Fsp3) is 0.312. The molecule has 0 heterocycles. The highest BCUT2D eigenvalue weighted by molar-refractivity contribution is 5.87. The maximum atomic E-state index is 13.9. The first-order valence-corrected chi connectivity index (χ1v) is 12.9. The van der Waals surface area contributed by atoms with Crippen LogP contribution in [0.15, 0.2) is 61.0 Å². The van der Waals surface area contributed by atoms with E-state index >= 15 is 0 Å². The van der Waals surface area contributed by atoms with E-state index in [1.807, 2.05) is 62.5 Å². The Hall–Kier alpha value is -4.37. The smallest absolute Gasteiger partial charge is 0.153 e. The summed E-state index contributed by atoms with van der Waals surface area (Å²) in [4.78, 5) is 16.3. The van der Waals surface area contributed by atoms with Crippen LogP contribution in [0, 0.1) is 18.2 Å². The van der Waals surface area contributed by atoms with Gasteiger partial charge in [-0.1, -0.05) is 6.07 Å². The number of ether oxygens (including phenoxy) is 4. The van der Waals surface area contributed by atoms with Crippen molar-refractivity contribution in [3.8, 4) is 28.4 Å². The number of rotatable bonds is 14. The van der Waals surface area contributed by atoms with Gasteiger partial charge in [-0.2, -0.15) is 0 Å². The lowest BCUT2D eigenvalue weighted by atomic mass is 9.95. The molecule has 3 rings (SSSR count). The van der Waals surface area contributed by atoms with Crippen molar-refractivity contribution >= 4 is 13.0 Å².